The van der Waals surface area contributed by atoms with Gasteiger partial charge in [0.2, 0.25) is 5.91 Å². The van der Waals surface area contributed by atoms with Gasteiger partial charge in [-0.25, -0.2) is 4.98 Å². The summed E-state index contributed by atoms with van der Waals surface area (Å²) in [5.74, 6) is -0.794. The number of rotatable bonds is 4. The first-order valence-corrected chi connectivity index (χ1v) is 8.52. The number of hydrogen-bond donors (Lipinski definition) is 0. The fraction of sp³-hybridized carbons (Fsp3) is 0.421. The van der Waals surface area contributed by atoms with Gasteiger partial charge in [-0.3, -0.25) is 4.79 Å². The predicted octanol–water partition coefficient (Wildman–Crippen LogP) is -1.99. The summed E-state index contributed by atoms with van der Waals surface area (Å²) in [6.45, 7) is 2.21. The van der Waals surface area contributed by atoms with E-state index in [0.717, 1.165) is 17.0 Å². The van der Waals surface area contributed by atoms with Crippen LogP contribution in [0.4, 0.5) is 0 Å². The number of imidazole rings is 1. The van der Waals surface area contributed by atoms with Crippen molar-refractivity contribution in [1.29, 1.82) is 0 Å². The second-order valence-electron chi connectivity index (χ2n) is 6.72. The number of piperidine rings is 1. The molecule has 1 aliphatic heterocycles. The molecule has 0 unspecified atom stereocenters. The van der Waals surface area contributed by atoms with Crippen molar-refractivity contribution in [2.45, 2.75) is 32.2 Å². The molecule has 0 spiro atoms. The maximum Gasteiger partial charge on any atom is 1.00 e. The Labute approximate surface area is 175 Å². The van der Waals surface area contributed by atoms with Gasteiger partial charge in [-0.1, -0.05) is 24.3 Å². The van der Waals surface area contributed by atoms with Crippen molar-refractivity contribution in [2.24, 2.45) is 13.0 Å². The molecule has 1 aromatic heterocycles. The van der Waals surface area contributed by atoms with E-state index < -0.39 is 11.9 Å². The number of carboxylic acids is 1. The van der Waals surface area contributed by atoms with Crippen molar-refractivity contribution in [3.05, 3.63) is 42.2 Å². The Balaban J connectivity index is 0.00000243. The van der Waals surface area contributed by atoms with Gasteiger partial charge in [0.1, 0.15) is 5.82 Å². The number of aryl methyl sites for hydroxylation is 1. The maximum atomic E-state index is 12.6. The molecule has 2 aromatic rings. The summed E-state index contributed by atoms with van der Waals surface area (Å²) in [5, 5.41) is 11.1. The van der Waals surface area contributed by atoms with Crippen LogP contribution in [0.25, 0.3) is 11.4 Å². The number of amides is 1. The zero-order chi connectivity index (χ0) is 18.0. The number of likely N-dealkylation sites (tertiary alicyclic amines) is 1. The SMILES string of the molecule is C[C@H]1CC[C@@H](C(=O)[O-])CN1C(=O)Cc1ccc(-c2nccn2C)cc1.[Na+]. The summed E-state index contributed by atoms with van der Waals surface area (Å²) >= 11 is 0. The van der Waals surface area contributed by atoms with E-state index in [9.17, 15) is 14.7 Å². The first kappa shape index (κ1) is 20.7. The summed E-state index contributed by atoms with van der Waals surface area (Å²) < 4.78 is 1.94. The molecule has 0 saturated carbocycles. The van der Waals surface area contributed by atoms with Gasteiger partial charge in [0.15, 0.2) is 0 Å². The molecule has 2 atom stereocenters. The molecule has 26 heavy (non-hydrogen) atoms. The van der Waals surface area contributed by atoms with E-state index in [4.69, 9.17) is 0 Å². The standard InChI is InChI=1S/C19H23N3O3.Na/c1-13-3-6-16(19(24)25)12-22(13)17(23)11-14-4-7-15(8-5-14)18-20-9-10-21(18)2;/h4-5,7-10,13,16H,3,6,11-12H2,1-2H3,(H,24,25);/q;+1/p-1/t13-,16+;/m0./s1. The minimum Gasteiger partial charge on any atom is -0.550 e. The third-order valence-electron chi connectivity index (χ3n) is 4.92. The Morgan fingerprint density at radius 1 is 1.23 bits per heavy atom. The number of carbonyl (C=O) groups excluding carboxylic acids is 2. The summed E-state index contributed by atoms with van der Waals surface area (Å²) in [6, 6.07) is 7.82. The van der Waals surface area contributed by atoms with E-state index in [0.29, 0.717) is 12.8 Å². The molecule has 0 bridgehead atoms. The van der Waals surface area contributed by atoms with Crippen LogP contribution < -0.4 is 34.7 Å². The molecule has 1 fully saturated rings. The third kappa shape index (κ3) is 4.55. The van der Waals surface area contributed by atoms with Crippen LogP contribution in [0.3, 0.4) is 0 Å². The monoisotopic (exact) mass is 363 g/mol. The number of carboxylic acid groups (broad SMARTS) is 1. The molecule has 7 heteroatoms. The molecular formula is C19H22N3NaO3. The number of hydrogen-bond acceptors (Lipinski definition) is 4. The average molecular weight is 363 g/mol. The van der Waals surface area contributed by atoms with E-state index in [-0.39, 0.29) is 54.5 Å². The molecule has 0 N–H and O–H groups in total. The normalized spacial score (nSPS) is 19.7. The summed E-state index contributed by atoms with van der Waals surface area (Å²) in [4.78, 5) is 29.7. The smallest absolute Gasteiger partial charge is 0.550 e. The van der Waals surface area contributed by atoms with Gasteiger partial charge in [-0.2, -0.15) is 0 Å². The molecule has 6 nitrogen and oxygen atoms in total. The first-order valence-electron chi connectivity index (χ1n) is 8.52. The molecule has 1 aromatic carbocycles. The van der Waals surface area contributed by atoms with Gasteiger partial charge >= 0.3 is 29.6 Å². The quantitative estimate of drug-likeness (QED) is 0.590. The molecule has 2 heterocycles. The van der Waals surface area contributed by atoms with Crippen molar-refractivity contribution in [2.75, 3.05) is 6.54 Å². The van der Waals surface area contributed by atoms with Crippen LogP contribution in [0.1, 0.15) is 25.3 Å². The number of aromatic nitrogens is 2. The van der Waals surface area contributed by atoms with Crippen molar-refractivity contribution in [1.82, 2.24) is 14.5 Å². The van der Waals surface area contributed by atoms with E-state index in [1.807, 2.05) is 49.0 Å². The topological polar surface area (TPSA) is 78.3 Å². The molecule has 3 rings (SSSR count). The van der Waals surface area contributed by atoms with Gasteiger partial charge in [0.25, 0.3) is 0 Å². The summed E-state index contributed by atoms with van der Waals surface area (Å²) in [5.41, 5.74) is 1.90. The van der Waals surface area contributed by atoms with Crippen LogP contribution in [-0.2, 0) is 23.1 Å². The maximum absolute atomic E-state index is 12.6. The molecular weight excluding hydrogens is 341 g/mol. The predicted molar refractivity (Wildman–Crippen MR) is 91.3 cm³/mol. The minimum atomic E-state index is -1.07. The zero-order valence-corrected chi connectivity index (χ0v) is 17.5. The molecule has 0 aliphatic carbocycles. The fourth-order valence-corrected chi connectivity index (χ4v) is 3.34. The Morgan fingerprint density at radius 2 is 1.92 bits per heavy atom. The molecule has 0 radical (unpaired) electrons. The van der Waals surface area contributed by atoms with Gasteiger partial charge in [0, 0.05) is 49.5 Å². The van der Waals surface area contributed by atoms with E-state index in [1.54, 1.807) is 11.1 Å². The second-order valence-corrected chi connectivity index (χ2v) is 6.72. The molecule has 1 amide bonds. The van der Waals surface area contributed by atoms with Crippen LogP contribution in [0, 0.1) is 5.92 Å². The molecule has 1 aliphatic rings. The number of aliphatic carboxylic acids is 1. The van der Waals surface area contributed by atoms with Crippen LogP contribution in [-0.4, -0.2) is 38.9 Å². The summed E-state index contributed by atoms with van der Waals surface area (Å²) in [6.07, 6.45) is 5.18. The minimum absolute atomic E-state index is 0. The first-order chi connectivity index (χ1) is 12.0. The Hall–Kier alpha value is -1.63. The second kappa shape index (κ2) is 8.84. The Morgan fingerprint density at radius 3 is 2.50 bits per heavy atom. The van der Waals surface area contributed by atoms with Gasteiger partial charge in [-0.05, 0) is 25.3 Å². The largest absolute Gasteiger partial charge is 1.00 e. The number of nitrogens with zero attached hydrogens (tertiary/aromatic N) is 3. The Bertz CT molecular complexity index is 773. The van der Waals surface area contributed by atoms with Crippen LogP contribution in [0.2, 0.25) is 0 Å². The van der Waals surface area contributed by atoms with Crippen molar-refractivity contribution >= 4 is 11.9 Å². The van der Waals surface area contributed by atoms with E-state index >= 15 is 0 Å². The van der Waals surface area contributed by atoms with Gasteiger partial charge in [0.05, 0.1) is 6.42 Å². The van der Waals surface area contributed by atoms with E-state index in [1.165, 1.54) is 0 Å². The fourth-order valence-electron chi connectivity index (χ4n) is 3.34. The van der Waals surface area contributed by atoms with Gasteiger partial charge < -0.3 is 19.4 Å². The number of carbonyl (C=O) groups is 2. The van der Waals surface area contributed by atoms with Crippen molar-refractivity contribution in [3.63, 3.8) is 0 Å². The van der Waals surface area contributed by atoms with Crippen LogP contribution in [0.15, 0.2) is 36.7 Å². The molecule has 1 saturated heterocycles. The van der Waals surface area contributed by atoms with Crippen molar-refractivity contribution < 1.29 is 44.3 Å². The third-order valence-corrected chi connectivity index (χ3v) is 4.92. The molecule has 132 valence electrons. The van der Waals surface area contributed by atoms with Gasteiger partial charge in [-0.15, -0.1) is 0 Å². The summed E-state index contributed by atoms with van der Waals surface area (Å²) in [7, 11) is 1.94. The Kier molecular flexibility index (Phi) is 7.03. The van der Waals surface area contributed by atoms with Crippen LogP contribution >= 0.6 is 0 Å². The number of benzene rings is 1. The van der Waals surface area contributed by atoms with Crippen molar-refractivity contribution in [3.8, 4) is 11.4 Å². The van der Waals surface area contributed by atoms with Crippen LogP contribution in [0.5, 0.6) is 0 Å². The average Bonchev–Trinajstić information content (AvgIpc) is 3.01. The van der Waals surface area contributed by atoms with E-state index in [2.05, 4.69) is 4.98 Å². The zero-order valence-electron chi connectivity index (χ0n) is 15.5.